The molecule has 80 valence electrons. The van der Waals surface area contributed by atoms with Crippen LogP contribution in [0.2, 0.25) is 0 Å². The topological polar surface area (TPSA) is 67.2 Å². The Bertz CT molecular complexity index is 505. The second kappa shape index (κ2) is 4.51. The van der Waals surface area contributed by atoms with Crippen molar-refractivity contribution in [2.24, 2.45) is 0 Å². The Kier molecular flexibility index (Phi) is 3.56. The third-order valence-corrected chi connectivity index (χ3v) is 3.12. The van der Waals surface area contributed by atoms with Gasteiger partial charge in [0.25, 0.3) is 9.05 Å². The molecular formula is C9H8ClNO3S. The zero-order valence-electron chi connectivity index (χ0n) is 7.90. The van der Waals surface area contributed by atoms with Gasteiger partial charge in [-0.2, -0.15) is 5.26 Å². The van der Waals surface area contributed by atoms with E-state index in [0.29, 0.717) is 5.56 Å². The minimum atomic E-state index is -3.85. The molecule has 0 aliphatic rings. The molecule has 4 nitrogen and oxygen atoms in total. The van der Waals surface area contributed by atoms with Crippen LogP contribution in [0.4, 0.5) is 0 Å². The number of halogens is 1. The predicted octanol–water partition coefficient (Wildman–Crippen LogP) is 1.69. The van der Waals surface area contributed by atoms with Gasteiger partial charge in [0.2, 0.25) is 0 Å². The molecule has 0 aliphatic carbocycles. The van der Waals surface area contributed by atoms with Gasteiger partial charge in [-0.05, 0) is 17.7 Å². The highest BCUT2D eigenvalue weighted by atomic mass is 35.7. The van der Waals surface area contributed by atoms with E-state index in [1.54, 1.807) is 6.07 Å². The summed E-state index contributed by atoms with van der Waals surface area (Å²) in [7, 11) is 2.73. The van der Waals surface area contributed by atoms with Crippen molar-refractivity contribution in [3.05, 3.63) is 23.8 Å². The summed E-state index contributed by atoms with van der Waals surface area (Å²) in [5.41, 5.74) is 0.581. The summed E-state index contributed by atoms with van der Waals surface area (Å²) < 4.78 is 27.2. The first kappa shape index (κ1) is 11.8. The fraction of sp³-hybridized carbons (Fsp3) is 0.222. The number of nitriles is 1. The smallest absolute Gasteiger partial charge is 0.264 e. The molecule has 0 saturated heterocycles. The molecule has 0 aliphatic heterocycles. The van der Waals surface area contributed by atoms with Crippen molar-refractivity contribution in [2.75, 3.05) is 7.11 Å². The van der Waals surface area contributed by atoms with Crippen molar-refractivity contribution in [1.29, 1.82) is 5.26 Å². The molecule has 0 bridgehead atoms. The van der Waals surface area contributed by atoms with Gasteiger partial charge in [0, 0.05) is 10.7 Å². The normalized spacial score (nSPS) is 10.7. The van der Waals surface area contributed by atoms with E-state index in [0.717, 1.165) is 0 Å². The van der Waals surface area contributed by atoms with Gasteiger partial charge in [-0.3, -0.25) is 0 Å². The molecule has 0 heterocycles. The summed E-state index contributed by atoms with van der Waals surface area (Å²) in [6.07, 6.45) is 0.128. The first-order valence-electron chi connectivity index (χ1n) is 3.97. The third-order valence-electron chi connectivity index (χ3n) is 1.77. The summed E-state index contributed by atoms with van der Waals surface area (Å²) in [5, 5.41) is 8.48. The second-order valence-corrected chi connectivity index (χ2v) is 5.29. The molecule has 0 aromatic heterocycles. The van der Waals surface area contributed by atoms with Crippen LogP contribution in [0.5, 0.6) is 5.75 Å². The number of benzene rings is 1. The van der Waals surface area contributed by atoms with Crippen LogP contribution in [0, 0.1) is 11.3 Å². The highest BCUT2D eigenvalue weighted by Gasteiger charge is 2.16. The maximum atomic E-state index is 11.2. The number of nitrogens with zero attached hydrogens (tertiary/aromatic N) is 1. The van der Waals surface area contributed by atoms with Crippen LogP contribution in [0.15, 0.2) is 23.1 Å². The molecule has 6 heteroatoms. The average Bonchev–Trinajstić information content (AvgIpc) is 2.17. The van der Waals surface area contributed by atoms with Crippen LogP contribution < -0.4 is 4.74 Å². The Morgan fingerprint density at radius 3 is 2.67 bits per heavy atom. The minimum absolute atomic E-state index is 0.112. The van der Waals surface area contributed by atoms with E-state index in [-0.39, 0.29) is 17.1 Å². The number of hydrogen-bond donors (Lipinski definition) is 0. The van der Waals surface area contributed by atoms with Crippen molar-refractivity contribution in [3.63, 3.8) is 0 Å². The van der Waals surface area contributed by atoms with Gasteiger partial charge in [0.05, 0.1) is 19.6 Å². The maximum Gasteiger partial charge on any atom is 0.264 e. The summed E-state index contributed by atoms with van der Waals surface area (Å²) in [5.74, 6) is 0.173. The average molecular weight is 246 g/mol. The van der Waals surface area contributed by atoms with Gasteiger partial charge in [0.15, 0.2) is 0 Å². The summed E-state index contributed by atoms with van der Waals surface area (Å²) in [6, 6.07) is 6.35. The van der Waals surface area contributed by atoms with E-state index in [1.807, 2.05) is 6.07 Å². The molecule has 0 fully saturated rings. The molecule has 15 heavy (non-hydrogen) atoms. The fourth-order valence-corrected chi connectivity index (χ4v) is 2.16. The maximum absolute atomic E-state index is 11.2. The molecule has 0 N–H and O–H groups in total. The van der Waals surface area contributed by atoms with E-state index >= 15 is 0 Å². The first-order valence-corrected chi connectivity index (χ1v) is 6.28. The lowest BCUT2D eigenvalue weighted by molar-refractivity contribution is 0.403. The lowest BCUT2D eigenvalue weighted by atomic mass is 10.2. The van der Waals surface area contributed by atoms with Gasteiger partial charge >= 0.3 is 0 Å². The third kappa shape index (κ3) is 2.85. The highest BCUT2D eigenvalue weighted by Crippen LogP contribution is 2.27. The zero-order chi connectivity index (χ0) is 11.5. The summed E-state index contributed by atoms with van der Waals surface area (Å²) >= 11 is 0. The Morgan fingerprint density at radius 2 is 2.20 bits per heavy atom. The van der Waals surface area contributed by atoms with Crippen LogP contribution in [-0.4, -0.2) is 15.5 Å². The van der Waals surface area contributed by atoms with Crippen LogP contribution in [-0.2, 0) is 15.5 Å². The second-order valence-electron chi connectivity index (χ2n) is 2.76. The standard InChI is InChI=1S/C9H8ClNO3S/c1-14-8-3-2-7(4-5-11)6-9(8)15(10,12)13/h2-3,6H,4H2,1H3. The van der Waals surface area contributed by atoms with Crippen molar-refractivity contribution in [1.82, 2.24) is 0 Å². The SMILES string of the molecule is COc1ccc(CC#N)cc1S(=O)(=O)Cl. The Balaban J connectivity index is 3.34. The van der Waals surface area contributed by atoms with Crippen LogP contribution in [0.1, 0.15) is 5.56 Å². The Morgan fingerprint density at radius 1 is 1.53 bits per heavy atom. The molecule has 1 rings (SSSR count). The minimum Gasteiger partial charge on any atom is -0.495 e. The monoisotopic (exact) mass is 245 g/mol. The molecular weight excluding hydrogens is 238 g/mol. The number of ether oxygens (including phenoxy) is 1. The number of hydrogen-bond acceptors (Lipinski definition) is 4. The van der Waals surface area contributed by atoms with E-state index < -0.39 is 9.05 Å². The molecule has 1 aromatic carbocycles. The lowest BCUT2D eigenvalue weighted by Gasteiger charge is -2.06. The molecule has 0 spiro atoms. The largest absolute Gasteiger partial charge is 0.495 e. The summed E-state index contributed by atoms with van der Waals surface area (Å²) in [6.45, 7) is 0. The predicted molar refractivity (Wildman–Crippen MR) is 55.3 cm³/mol. The quantitative estimate of drug-likeness (QED) is 0.760. The van der Waals surface area contributed by atoms with Crippen molar-refractivity contribution in [3.8, 4) is 11.8 Å². The van der Waals surface area contributed by atoms with Gasteiger partial charge in [-0.15, -0.1) is 0 Å². The van der Waals surface area contributed by atoms with Crippen LogP contribution in [0.25, 0.3) is 0 Å². The van der Waals surface area contributed by atoms with Gasteiger partial charge < -0.3 is 4.74 Å². The number of methoxy groups -OCH3 is 1. The Labute approximate surface area is 92.5 Å². The Hall–Kier alpha value is -1.25. The van der Waals surface area contributed by atoms with Gasteiger partial charge in [-0.1, -0.05) is 6.07 Å². The molecule has 0 radical (unpaired) electrons. The molecule has 0 atom stereocenters. The van der Waals surface area contributed by atoms with E-state index in [2.05, 4.69) is 0 Å². The molecule has 1 aromatic rings. The molecule has 0 unspecified atom stereocenters. The summed E-state index contributed by atoms with van der Waals surface area (Å²) in [4.78, 5) is -0.112. The number of rotatable bonds is 3. The van der Waals surface area contributed by atoms with E-state index in [1.165, 1.54) is 19.2 Å². The molecule has 0 amide bonds. The van der Waals surface area contributed by atoms with Gasteiger partial charge in [0.1, 0.15) is 10.6 Å². The van der Waals surface area contributed by atoms with Crippen molar-refractivity contribution < 1.29 is 13.2 Å². The zero-order valence-corrected chi connectivity index (χ0v) is 9.47. The van der Waals surface area contributed by atoms with Crippen molar-refractivity contribution in [2.45, 2.75) is 11.3 Å². The highest BCUT2D eigenvalue weighted by molar-refractivity contribution is 8.13. The van der Waals surface area contributed by atoms with E-state index in [4.69, 9.17) is 20.7 Å². The van der Waals surface area contributed by atoms with Gasteiger partial charge in [-0.25, -0.2) is 8.42 Å². The lowest BCUT2D eigenvalue weighted by Crippen LogP contribution is -1.97. The van der Waals surface area contributed by atoms with Crippen LogP contribution in [0.3, 0.4) is 0 Å². The van der Waals surface area contributed by atoms with Crippen molar-refractivity contribution >= 4 is 19.7 Å². The van der Waals surface area contributed by atoms with Crippen LogP contribution >= 0.6 is 10.7 Å². The molecule has 0 saturated carbocycles. The van der Waals surface area contributed by atoms with E-state index in [9.17, 15) is 8.42 Å². The first-order chi connectivity index (χ1) is 6.99. The fourth-order valence-electron chi connectivity index (χ4n) is 1.11.